The highest BCUT2D eigenvalue weighted by molar-refractivity contribution is 7.80. The molecule has 0 aliphatic heterocycles. The zero-order chi connectivity index (χ0) is 9.14. The van der Waals surface area contributed by atoms with E-state index in [9.17, 15) is 4.79 Å². The fourth-order valence-electron chi connectivity index (χ4n) is 1.04. The lowest BCUT2D eigenvalue weighted by atomic mass is 10.1. The van der Waals surface area contributed by atoms with Gasteiger partial charge >= 0.3 is 5.97 Å². The number of hydrogen-bond acceptors (Lipinski definition) is 2. The molecule has 0 aliphatic carbocycles. The second kappa shape index (κ2) is 3.63. The molecule has 1 aromatic rings. The van der Waals surface area contributed by atoms with E-state index in [4.69, 9.17) is 5.11 Å². The lowest BCUT2D eigenvalue weighted by Gasteiger charge is -2.02. The molecule has 0 fully saturated rings. The Morgan fingerprint density at radius 1 is 1.58 bits per heavy atom. The van der Waals surface area contributed by atoms with Crippen molar-refractivity contribution in [3.05, 3.63) is 29.3 Å². The molecule has 0 aromatic heterocycles. The van der Waals surface area contributed by atoms with Gasteiger partial charge in [0.25, 0.3) is 0 Å². The zero-order valence-corrected chi connectivity index (χ0v) is 7.64. The fraction of sp³-hybridized carbons (Fsp3) is 0.222. The van der Waals surface area contributed by atoms with E-state index in [0.29, 0.717) is 0 Å². The van der Waals surface area contributed by atoms with Crippen LogP contribution in [0.3, 0.4) is 0 Å². The first kappa shape index (κ1) is 9.13. The third-order valence-electron chi connectivity index (χ3n) is 1.67. The first-order valence-electron chi connectivity index (χ1n) is 3.60. The van der Waals surface area contributed by atoms with Crippen molar-refractivity contribution in [3.63, 3.8) is 0 Å². The van der Waals surface area contributed by atoms with E-state index in [1.165, 1.54) is 0 Å². The van der Waals surface area contributed by atoms with Crippen LogP contribution in [0.15, 0.2) is 23.1 Å². The van der Waals surface area contributed by atoms with E-state index < -0.39 is 5.97 Å². The molecule has 3 heteroatoms. The average Bonchev–Trinajstić information content (AvgIpc) is 1.94. The number of carboxylic acid groups (broad SMARTS) is 1. The van der Waals surface area contributed by atoms with Crippen molar-refractivity contribution >= 4 is 18.6 Å². The maximum Gasteiger partial charge on any atom is 0.307 e. The molecular formula is C9H10O2S. The normalized spacial score (nSPS) is 9.83. The molecule has 12 heavy (non-hydrogen) atoms. The van der Waals surface area contributed by atoms with Gasteiger partial charge in [-0.3, -0.25) is 4.79 Å². The molecule has 2 nitrogen and oxygen atoms in total. The first-order valence-corrected chi connectivity index (χ1v) is 4.04. The minimum absolute atomic E-state index is 0.0832. The van der Waals surface area contributed by atoms with Crippen molar-refractivity contribution in [2.24, 2.45) is 0 Å². The molecule has 1 N–H and O–H groups in total. The number of hydrogen-bond donors (Lipinski definition) is 2. The Morgan fingerprint density at radius 3 is 2.75 bits per heavy atom. The minimum Gasteiger partial charge on any atom is -0.481 e. The summed E-state index contributed by atoms with van der Waals surface area (Å²) in [5.41, 5.74) is 1.82. The van der Waals surface area contributed by atoms with E-state index >= 15 is 0 Å². The van der Waals surface area contributed by atoms with Gasteiger partial charge in [0.15, 0.2) is 0 Å². The topological polar surface area (TPSA) is 37.3 Å². The monoisotopic (exact) mass is 182 g/mol. The van der Waals surface area contributed by atoms with Gasteiger partial charge < -0.3 is 5.11 Å². The van der Waals surface area contributed by atoms with Crippen molar-refractivity contribution in [2.45, 2.75) is 18.2 Å². The van der Waals surface area contributed by atoms with Crippen LogP contribution in [-0.4, -0.2) is 11.1 Å². The van der Waals surface area contributed by atoms with Gasteiger partial charge in [0.05, 0.1) is 6.42 Å². The summed E-state index contributed by atoms with van der Waals surface area (Å²) in [6.45, 7) is 1.89. The highest BCUT2D eigenvalue weighted by atomic mass is 32.1. The smallest absolute Gasteiger partial charge is 0.307 e. The second-order valence-electron chi connectivity index (χ2n) is 2.68. The zero-order valence-electron chi connectivity index (χ0n) is 6.74. The van der Waals surface area contributed by atoms with Gasteiger partial charge in [-0.25, -0.2) is 0 Å². The highest BCUT2D eigenvalue weighted by Crippen LogP contribution is 2.14. The fourth-order valence-corrected chi connectivity index (χ4v) is 1.31. The van der Waals surface area contributed by atoms with Gasteiger partial charge in [0, 0.05) is 4.90 Å². The summed E-state index contributed by atoms with van der Waals surface area (Å²) in [5.74, 6) is -0.801. The van der Waals surface area contributed by atoms with Crippen LogP contribution in [0.2, 0.25) is 0 Å². The molecule has 0 heterocycles. The van der Waals surface area contributed by atoms with Crippen molar-refractivity contribution in [1.82, 2.24) is 0 Å². The van der Waals surface area contributed by atoms with Crippen LogP contribution in [0.1, 0.15) is 11.1 Å². The summed E-state index contributed by atoms with van der Waals surface area (Å²) in [4.78, 5) is 11.2. The molecule has 0 bridgehead atoms. The van der Waals surface area contributed by atoms with E-state index in [1.807, 2.05) is 13.0 Å². The Labute approximate surface area is 76.6 Å². The van der Waals surface area contributed by atoms with Gasteiger partial charge in [0.2, 0.25) is 0 Å². The second-order valence-corrected chi connectivity index (χ2v) is 3.20. The van der Waals surface area contributed by atoms with Crippen LogP contribution in [0.4, 0.5) is 0 Å². The molecule has 1 aromatic carbocycles. The molecular weight excluding hydrogens is 172 g/mol. The number of rotatable bonds is 2. The maximum atomic E-state index is 10.4. The Hall–Kier alpha value is -0.960. The lowest BCUT2D eigenvalue weighted by molar-refractivity contribution is -0.136. The van der Waals surface area contributed by atoms with Gasteiger partial charge in [0.1, 0.15) is 0 Å². The van der Waals surface area contributed by atoms with Gasteiger partial charge in [-0.05, 0) is 30.2 Å². The summed E-state index contributed by atoms with van der Waals surface area (Å²) in [6, 6.07) is 5.46. The molecule has 0 unspecified atom stereocenters. The summed E-state index contributed by atoms with van der Waals surface area (Å²) in [5, 5.41) is 8.54. The van der Waals surface area contributed by atoms with Gasteiger partial charge in [-0.2, -0.15) is 0 Å². The largest absolute Gasteiger partial charge is 0.481 e. The molecule has 0 spiro atoms. The van der Waals surface area contributed by atoms with Crippen LogP contribution in [0, 0.1) is 6.92 Å². The quantitative estimate of drug-likeness (QED) is 0.685. The van der Waals surface area contributed by atoms with Crippen molar-refractivity contribution in [2.75, 3.05) is 0 Å². The Balaban J connectivity index is 2.93. The number of thiol groups is 1. The van der Waals surface area contributed by atoms with Crippen LogP contribution in [-0.2, 0) is 11.2 Å². The highest BCUT2D eigenvalue weighted by Gasteiger charge is 2.02. The average molecular weight is 182 g/mol. The molecule has 0 saturated carbocycles. The van der Waals surface area contributed by atoms with Crippen LogP contribution in [0.25, 0.3) is 0 Å². The molecule has 64 valence electrons. The molecule has 1 rings (SSSR count). The Bertz CT molecular complexity index is 307. The van der Waals surface area contributed by atoms with Crippen molar-refractivity contribution < 1.29 is 9.90 Å². The number of aliphatic carboxylic acids is 1. The van der Waals surface area contributed by atoms with Crippen molar-refractivity contribution in [1.29, 1.82) is 0 Å². The van der Waals surface area contributed by atoms with E-state index in [-0.39, 0.29) is 6.42 Å². The molecule has 0 saturated heterocycles. The molecule has 0 amide bonds. The van der Waals surface area contributed by atoms with Crippen molar-refractivity contribution in [3.8, 4) is 0 Å². The Kier molecular flexibility index (Phi) is 2.76. The minimum atomic E-state index is -0.801. The SMILES string of the molecule is Cc1cc(S)ccc1CC(=O)O. The number of carbonyl (C=O) groups is 1. The summed E-state index contributed by atoms with van der Waals surface area (Å²) < 4.78 is 0. The van der Waals surface area contributed by atoms with Gasteiger partial charge in [-0.1, -0.05) is 6.07 Å². The van der Waals surface area contributed by atoms with E-state index in [0.717, 1.165) is 16.0 Å². The predicted octanol–water partition coefficient (Wildman–Crippen LogP) is 1.91. The van der Waals surface area contributed by atoms with Crippen LogP contribution < -0.4 is 0 Å². The summed E-state index contributed by atoms with van der Waals surface area (Å²) in [7, 11) is 0. The van der Waals surface area contributed by atoms with Gasteiger partial charge in [-0.15, -0.1) is 12.6 Å². The summed E-state index contributed by atoms with van der Waals surface area (Å²) in [6.07, 6.45) is 0.0832. The number of carboxylic acids is 1. The molecule has 0 aliphatic rings. The third kappa shape index (κ3) is 2.27. The van der Waals surface area contributed by atoms with E-state index in [2.05, 4.69) is 12.6 Å². The molecule has 0 radical (unpaired) electrons. The lowest BCUT2D eigenvalue weighted by Crippen LogP contribution is -2.01. The Morgan fingerprint density at radius 2 is 2.25 bits per heavy atom. The summed E-state index contributed by atoms with van der Waals surface area (Å²) >= 11 is 4.14. The maximum absolute atomic E-state index is 10.4. The predicted molar refractivity (Wildman–Crippen MR) is 49.8 cm³/mol. The van der Waals surface area contributed by atoms with Crippen LogP contribution >= 0.6 is 12.6 Å². The molecule has 0 atom stereocenters. The third-order valence-corrected chi connectivity index (χ3v) is 1.95. The van der Waals surface area contributed by atoms with Crippen LogP contribution in [0.5, 0.6) is 0 Å². The first-order chi connectivity index (χ1) is 5.59. The number of benzene rings is 1. The number of aryl methyl sites for hydroxylation is 1. The standard InChI is InChI=1S/C9H10O2S/c1-6-4-8(12)3-2-7(6)5-9(10)11/h2-4,12H,5H2,1H3,(H,10,11). The van der Waals surface area contributed by atoms with E-state index in [1.54, 1.807) is 12.1 Å².